The van der Waals surface area contributed by atoms with E-state index in [1.807, 2.05) is 6.07 Å². The molecule has 95 heavy (non-hydrogen) atoms. The molecule has 0 radical (unpaired) electrons. The molecule has 0 aromatic heterocycles. The number of hydrogen-bond donors (Lipinski definition) is 0. The van der Waals surface area contributed by atoms with Crippen LogP contribution in [0.5, 0.6) is 0 Å². The van der Waals surface area contributed by atoms with E-state index < -0.39 is 0 Å². The average Bonchev–Trinajstić information content (AvgIpc) is 1.62. The van der Waals surface area contributed by atoms with Crippen LogP contribution in [0.3, 0.4) is 0 Å². The maximum absolute atomic E-state index is 3.58. The van der Waals surface area contributed by atoms with Gasteiger partial charge in [0.25, 0.3) is 0 Å². The molecule has 2 heteroatoms. The quantitative estimate of drug-likeness (QED) is 0.154. The van der Waals surface area contributed by atoms with Crippen molar-refractivity contribution in [2.75, 3.05) is 4.90 Å². The predicted molar refractivity (Wildman–Crippen MR) is 407 cm³/mol. The molecule has 14 aromatic rings. The van der Waals surface area contributed by atoms with E-state index in [0.717, 1.165) is 16.6 Å². The molecule has 0 aliphatic heterocycles. The summed E-state index contributed by atoms with van der Waals surface area (Å²) in [4.78, 5) is 2.48. The summed E-state index contributed by atoms with van der Waals surface area (Å²) in [7, 11) is 0. The second kappa shape index (κ2) is 23.1. The van der Waals surface area contributed by atoms with Crippen molar-refractivity contribution in [3.05, 3.63) is 363 Å². The van der Waals surface area contributed by atoms with Gasteiger partial charge in [-0.05, 0) is 199 Å². The third kappa shape index (κ3) is 10.1. The minimum atomic E-state index is -0.0895. The Morgan fingerprint density at radius 3 is 0.968 bits per heavy atom. The predicted octanol–water partition coefficient (Wildman–Crippen LogP) is 25.7. The Balaban J connectivity index is 0.000000126. The van der Waals surface area contributed by atoms with Crippen LogP contribution in [0.2, 0.25) is 0 Å². The molecule has 0 amide bonds. The lowest BCUT2D eigenvalue weighted by Crippen LogP contribution is -2.18. The molecule has 0 fully saturated rings. The number of halogens is 1. The Kier molecular flexibility index (Phi) is 14.6. The highest BCUT2D eigenvalue weighted by Crippen LogP contribution is 2.55. The number of nitrogens with zero attached hydrogens (tertiary/aromatic N) is 1. The summed E-state index contributed by atoms with van der Waals surface area (Å²) in [5, 5.41) is 5.05. The number of hydrogen-bond acceptors (Lipinski definition) is 1. The van der Waals surface area contributed by atoms with E-state index >= 15 is 0 Å². The third-order valence-electron chi connectivity index (χ3n) is 21.5. The molecule has 0 saturated heterocycles. The second-order valence-electron chi connectivity index (χ2n) is 28.5. The van der Waals surface area contributed by atoms with Gasteiger partial charge in [-0.25, -0.2) is 0 Å². The van der Waals surface area contributed by atoms with E-state index in [2.05, 4.69) is 373 Å². The molecule has 1 nitrogen and oxygen atoms in total. The summed E-state index contributed by atoms with van der Waals surface area (Å²) in [5.74, 6) is 0. The van der Waals surface area contributed by atoms with Gasteiger partial charge in [-0.1, -0.05) is 326 Å². The molecule has 0 spiro atoms. The smallest absolute Gasteiger partial charge is 0.0474 e. The first-order valence-electron chi connectivity index (χ1n) is 33.6. The Labute approximate surface area is 569 Å². The van der Waals surface area contributed by atoms with Gasteiger partial charge < -0.3 is 4.90 Å². The number of rotatable bonds is 7. The molecule has 0 bridgehead atoms. The number of benzene rings is 14. The zero-order valence-corrected chi connectivity index (χ0v) is 57.0. The van der Waals surface area contributed by atoms with E-state index in [1.54, 1.807) is 0 Å². The van der Waals surface area contributed by atoms with Gasteiger partial charge in [0, 0.05) is 43.2 Å². The first-order valence-corrected chi connectivity index (χ1v) is 34.4. The number of anilines is 3. The van der Waals surface area contributed by atoms with Gasteiger partial charge in [-0.2, -0.15) is 0 Å². The second-order valence-corrected chi connectivity index (χ2v) is 29.5. The molecule has 14 aromatic carbocycles. The van der Waals surface area contributed by atoms with Crippen molar-refractivity contribution in [2.45, 2.75) is 83.5 Å². The monoisotopic (exact) mass is 1290 g/mol. The first kappa shape index (κ1) is 59.9. The lowest BCUT2D eigenvalue weighted by atomic mass is 9.81. The van der Waals surface area contributed by atoms with Crippen LogP contribution in [0.4, 0.5) is 17.1 Å². The van der Waals surface area contributed by atoms with E-state index in [1.165, 1.54) is 155 Å². The molecule has 0 atom stereocenters. The van der Waals surface area contributed by atoms with Crippen molar-refractivity contribution in [3.63, 3.8) is 0 Å². The van der Waals surface area contributed by atoms with E-state index in [4.69, 9.17) is 0 Å². The van der Waals surface area contributed by atoms with Gasteiger partial charge in [0.2, 0.25) is 0 Å². The van der Waals surface area contributed by atoms with Gasteiger partial charge >= 0.3 is 0 Å². The van der Waals surface area contributed by atoms with Crippen LogP contribution in [0.15, 0.2) is 308 Å². The summed E-state index contributed by atoms with van der Waals surface area (Å²) >= 11 is 3.58. The van der Waals surface area contributed by atoms with E-state index in [0.29, 0.717) is 0 Å². The SMILES string of the molecule is Brc1cc(-c2ccccc2)c2ccccc2c1.CC1(C)c2ccccc2-c2ccc(Cc3ccc4c(c3)C(C)(C)c3ccccc3-4)cc21.CC1(C)c2ccccc2-c2ccc(N(c3ccc4c(c3)C(C)(C)c3ccccc3-4)c3cc(-c4ccccc4)c4ccccc4c3)cc21. The average molecular weight is 1290 g/mol. The normalized spacial score (nSPS) is 14.5. The van der Waals surface area contributed by atoms with Gasteiger partial charge in [0.1, 0.15) is 0 Å². The largest absolute Gasteiger partial charge is 0.310 e. The van der Waals surface area contributed by atoms with E-state index in [-0.39, 0.29) is 21.7 Å². The first-order chi connectivity index (χ1) is 46.0. The van der Waals surface area contributed by atoms with Crippen molar-refractivity contribution < 1.29 is 0 Å². The molecule has 0 N–H and O–H groups in total. The van der Waals surface area contributed by atoms with Crippen molar-refractivity contribution in [1.82, 2.24) is 0 Å². The molecule has 4 aliphatic rings. The van der Waals surface area contributed by atoms with Crippen molar-refractivity contribution in [3.8, 4) is 66.8 Å². The topological polar surface area (TPSA) is 3.24 Å². The standard InChI is InChI=1S/C46H37N.C31H28.C16H11Br/c1-45(2)41-20-12-10-18-36(41)38-24-22-32(28-43(38)45)47(33-23-25-39-37-19-11-13-21-42(37)46(3,4)44(39)29-33)34-26-31-16-8-9-17-35(31)40(27-34)30-14-6-5-7-15-30;1-30(2)26-11-7-5-9-22(26)24-15-13-20(18-28(24)30)17-21-14-16-25-23-10-6-8-12-27(23)31(3,4)29(25)19-21;17-14-10-13-8-4-5-9-15(13)16(11-14)12-6-2-1-3-7-12/h5-29H,1-4H3;5-16,18-19H,17H2,1-4H3;1-11H. The van der Waals surface area contributed by atoms with Crippen LogP contribution in [0.1, 0.15) is 111 Å². The maximum Gasteiger partial charge on any atom is 0.0474 e. The molecule has 0 saturated carbocycles. The van der Waals surface area contributed by atoms with Crippen LogP contribution >= 0.6 is 15.9 Å². The van der Waals surface area contributed by atoms with Crippen LogP contribution in [-0.2, 0) is 28.1 Å². The summed E-state index contributed by atoms with van der Waals surface area (Å²) in [6.45, 7) is 18.9. The van der Waals surface area contributed by atoms with Crippen LogP contribution < -0.4 is 4.90 Å². The molecular weight excluding hydrogens is 1210 g/mol. The summed E-state index contributed by atoms with van der Waals surface area (Å²) in [5.41, 5.74) is 33.5. The van der Waals surface area contributed by atoms with Crippen molar-refractivity contribution in [1.29, 1.82) is 0 Å². The minimum Gasteiger partial charge on any atom is -0.310 e. The summed E-state index contributed by atoms with van der Waals surface area (Å²) < 4.78 is 1.12. The fourth-order valence-corrected chi connectivity index (χ4v) is 17.0. The van der Waals surface area contributed by atoms with Crippen molar-refractivity contribution in [2.24, 2.45) is 0 Å². The highest BCUT2D eigenvalue weighted by Gasteiger charge is 2.40. The lowest BCUT2D eigenvalue weighted by Gasteiger charge is -2.30. The van der Waals surface area contributed by atoms with Crippen LogP contribution in [0, 0.1) is 0 Å². The Hall–Kier alpha value is -10.1. The molecule has 4 aliphatic carbocycles. The number of fused-ring (bicyclic) bond motifs is 14. The fraction of sp³-hybridized carbons (Fsp3) is 0.140. The van der Waals surface area contributed by atoms with Crippen LogP contribution in [0.25, 0.3) is 88.3 Å². The van der Waals surface area contributed by atoms with E-state index in [9.17, 15) is 0 Å². The van der Waals surface area contributed by atoms with Gasteiger partial charge in [-0.15, -0.1) is 0 Å². The Morgan fingerprint density at radius 2 is 0.558 bits per heavy atom. The summed E-state index contributed by atoms with van der Waals surface area (Å²) in [6, 6.07) is 112. The zero-order valence-electron chi connectivity index (χ0n) is 55.4. The Morgan fingerprint density at radius 1 is 0.242 bits per heavy atom. The van der Waals surface area contributed by atoms with Crippen molar-refractivity contribution >= 4 is 54.5 Å². The fourth-order valence-electron chi connectivity index (χ4n) is 16.5. The Bertz CT molecular complexity index is 5140. The van der Waals surface area contributed by atoms with Crippen LogP contribution in [-0.4, -0.2) is 0 Å². The molecular formula is C93H76BrN. The highest BCUT2D eigenvalue weighted by molar-refractivity contribution is 9.10. The zero-order chi connectivity index (χ0) is 65.0. The van der Waals surface area contributed by atoms with Gasteiger partial charge in [-0.3, -0.25) is 0 Å². The highest BCUT2D eigenvalue weighted by atomic mass is 79.9. The molecule has 18 rings (SSSR count). The minimum absolute atomic E-state index is 0.0590. The third-order valence-corrected chi connectivity index (χ3v) is 21.9. The molecule has 0 heterocycles. The maximum atomic E-state index is 3.58. The lowest BCUT2D eigenvalue weighted by molar-refractivity contribution is 0.658. The summed E-state index contributed by atoms with van der Waals surface area (Å²) in [6.07, 6.45) is 0.972. The molecule has 0 unspecified atom stereocenters. The van der Waals surface area contributed by atoms with Gasteiger partial charge in [0.15, 0.2) is 0 Å². The molecule has 460 valence electrons. The van der Waals surface area contributed by atoms with Gasteiger partial charge in [0.05, 0.1) is 0 Å².